The number of nitrogens with zero attached hydrogens (tertiary/aromatic N) is 2. The molecule has 1 saturated heterocycles. The van der Waals surface area contributed by atoms with Gasteiger partial charge in [-0.05, 0) is 42.8 Å². The normalized spacial score (nSPS) is 13.7. The first kappa shape index (κ1) is 21.0. The number of nitrogens with one attached hydrogen (secondary N) is 2. The molecule has 11 nitrogen and oxygen atoms in total. The van der Waals surface area contributed by atoms with Crippen molar-refractivity contribution < 1.29 is 27.7 Å². The van der Waals surface area contributed by atoms with Crippen LogP contribution in [0.3, 0.4) is 0 Å². The van der Waals surface area contributed by atoms with Crippen molar-refractivity contribution in [1.82, 2.24) is 10.0 Å². The first-order valence-corrected chi connectivity index (χ1v) is 10.2. The lowest BCUT2D eigenvalue weighted by Gasteiger charge is -2.17. The molecule has 0 aromatic heterocycles. The highest BCUT2D eigenvalue weighted by Gasteiger charge is 2.29. The van der Waals surface area contributed by atoms with E-state index in [0.717, 1.165) is 12.1 Å². The van der Waals surface area contributed by atoms with E-state index < -0.39 is 31.4 Å². The predicted molar refractivity (Wildman–Crippen MR) is 106 cm³/mol. The van der Waals surface area contributed by atoms with Crippen LogP contribution in [-0.2, 0) is 10.0 Å². The molecule has 1 aliphatic heterocycles. The minimum Gasteiger partial charge on any atom is -0.497 e. The van der Waals surface area contributed by atoms with E-state index in [2.05, 4.69) is 5.32 Å². The van der Waals surface area contributed by atoms with Crippen LogP contribution in [-0.4, -0.2) is 45.5 Å². The lowest BCUT2D eigenvalue weighted by molar-refractivity contribution is -0.387. The van der Waals surface area contributed by atoms with Crippen LogP contribution in [0.15, 0.2) is 41.3 Å². The zero-order valence-corrected chi connectivity index (χ0v) is 16.9. The lowest BCUT2D eigenvalue weighted by atomic mass is 10.1. The number of rotatable bonds is 6. The van der Waals surface area contributed by atoms with Crippen LogP contribution in [0.2, 0.25) is 0 Å². The quantitative estimate of drug-likeness (QED) is 0.518. The SMILES string of the molecule is COc1ccc(S(=O)(=O)NC(=O)c2ccc(N3CCNC3=O)c(C)c2)c([N+](=O)[O-])c1. The number of nitro groups is 1. The number of ether oxygens (including phenoxy) is 1. The monoisotopic (exact) mass is 434 g/mol. The molecule has 3 amide bonds. The summed E-state index contributed by atoms with van der Waals surface area (Å²) >= 11 is 0. The summed E-state index contributed by atoms with van der Waals surface area (Å²) in [6.07, 6.45) is 0. The van der Waals surface area contributed by atoms with Gasteiger partial charge in [0.2, 0.25) is 0 Å². The van der Waals surface area contributed by atoms with Crippen LogP contribution in [0.5, 0.6) is 5.75 Å². The summed E-state index contributed by atoms with van der Waals surface area (Å²) < 4.78 is 31.9. The molecule has 0 atom stereocenters. The number of anilines is 1. The number of amides is 3. The molecule has 2 N–H and O–H groups in total. The Morgan fingerprint density at radius 2 is 2.00 bits per heavy atom. The lowest BCUT2D eigenvalue weighted by Crippen LogP contribution is -2.31. The zero-order chi connectivity index (χ0) is 22.1. The number of nitro benzene ring substituents is 1. The molecule has 0 spiro atoms. The second-order valence-corrected chi connectivity index (χ2v) is 8.06. The van der Waals surface area contributed by atoms with E-state index in [0.29, 0.717) is 24.3 Å². The number of hydrogen-bond acceptors (Lipinski definition) is 7. The van der Waals surface area contributed by atoms with Crippen LogP contribution in [0.4, 0.5) is 16.2 Å². The standard InChI is InChI=1S/C18H18N4O7S/c1-11-9-12(3-5-14(11)21-8-7-19-18(21)24)17(23)20-30(27,28)16-6-4-13(29-2)10-15(16)22(25)26/h3-6,9-10H,7-8H2,1-2H3,(H,19,24)(H,20,23). The molecule has 0 radical (unpaired) electrons. The van der Waals surface area contributed by atoms with E-state index in [1.54, 1.807) is 6.92 Å². The van der Waals surface area contributed by atoms with Gasteiger partial charge >= 0.3 is 6.03 Å². The molecule has 0 unspecified atom stereocenters. The molecule has 2 aromatic carbocycles. The van der Waals surface area contributed by atoms with Crippen molar-refractivity contribution in [3.8, 4) is 5.75 Å². The topological polar surface area (TPSA) is 148 Å². The number of carbonyl (C=O) groups excluding carboxylic acids is 2. The smallest absolute Gasteiger partial charge is 0.322 e. The van der Waals surface area contributed by atoms with E-state index in [4.69, 9.17) is 4.74 Å². The molecule has 30 heavy (non-hydrogen) atoms. The van der Waals surface area contributed by atoms with Gasteiger partial charge in [0, 0.05) is 24.3 Å². The summed E-state index contributed by atoms with van der Waals surface area (Å²) in [5.41, 5.74) is 0.486. The molecule has 0 saturated carbocycles. The van der Waals surface area contributed by atoms with Gasteiger partial charge < -0.3 is 10.1 Å². The fourth-order valence-corrected chi connectivity index (χ4v) is 4.16. The van der Waals surface area contributed by atoms with Crippen LogP contribution in [0.1, 0.15) is 15.9 Å². The molecule has 2 aromatic rings. The molecule has 1 aliphatic rings. The summed E-state index contributed by atoms with van der Waals surface area (Å²) in [7, 11) is -3.24. The predicted octanol–water partition coefficient (Wildman–Crippen LogP) is 1.56. The maximum Gasteiger partial charge on any atom is 0.322 e. The third-order valence-electron chi connectivity index (χ3n) is 4.49. The number of hydrogen-bond donors (Lipinski definition) is 2. The molecule has 1 fully saturated rings. The van der Waals surface area contributed by atoms with Gasteiger partial charge in [-0.2, -0.15) is 0 Å². The highest BCUT2D eigenvalue weighted by atomic mass is 32.2. The van der Waals surface area contributed by atoms with Gasteiger partial charge in [-0.25, -0.2) is 17.9 Å². The summed E-state index contributed by atoms with van der Waals surface area (Å²) in [6, 6.07) is 7.29. The third-order valence-corrected chi connectivity index (χ3v) is 5.86. The largest absolute Gasteiger partial charge is 0.497 e. The number of sulfonamides is 1. The number of aryl methyl sites for hydroxylation is 1. The Morgan fingerprint density at radius 1 is 1.27 bits per heavy atom. The zero-order valence-electron chi connectivity index (χ0n) is 16.0. The van der Waals surface area contributed by atoms with Gasteiger partial charge in [-0.15, -0.1) is 0 Å². The van der Waals surface area contributed by atoms with Gasteiger partial charge in [0.1, 0.15) is 5.75 Å². The third kappa shape index (κ3) is 4.03. The molecule has 3 rings (SSSR count). The Bertz CT molecular complexity index is 1150. The Kier molecular flexibility index (Phi) is 5.60. The minimum absolute atomic E-state index is 0.0237. The maximum absolute atomic E-state index is 12.6. The van der Waals surface area contributed by atoms with Crippen LogP contribution in [0.25, 0.3) is 0 Å². The van der Waals surface area contributed by atoms with Crippen LogP contribution >= 0.6 is 0 Å². The van der Waals surface area contributed by atoms with Crippen molar-refractivity contribution in [2.45, 2.75) is 11.8 Å². The van der Waals surface area contributed by atoms with Crippen LogP contribution < -0.4 is 19.7 Å². The Balaban J connectivity index is 1.88. The van der Waals surface area contributed by atoms with Crippen molar-refractivity contribution in [2.75, 3.05) is 25.1 Å². The van der Waals surface area contributed by atoms with Crippen molar-refractivity contribution >= 4 is 33.3 Å². The van der Waals surface area contributed by atoms with Gasteiger partial charge in [0.15, 0.2) is 4.90 Å². The van der Waals surface area contributed by atoms with E-state index in [1.165, 1.54) is 36.3 Å². The van der Waals surface area contributed by atoms with Crippen LogP contribution in [0, 0.1) is 17.0 Å². The Morgan fingerprint density at radius 3 is 2.57 bits per heavy atom. The summed E-state index contributed by atoms with van der Waals surface area (Å²) in [5, 5.41) is 13.9. The van der Waals surface area contributed by atoms with Gasteiger partial charge in [-0.1, -0.05) is 0 Å². The average molecular weight is 434 g/mol. The highest BCUT2D eigenvalue weighted by molar-refractivity contribution is 7.90. The molecule has 0 aliphatic carbocycles. The van der Waals surface area contributed by atoms with E-state index in [-0.39, 0.29) is 17.3 Å². The van der Waals surface area contributed by atoms with Crippen molar-refractivity contribution in [2.24, 2.45) is 0 Å². The molecular weight excluding hydrogens is 416 g/mol. The number of carbonyl (C=O) groups is 2. The van der Waals surface area contributed by atoms with Crippen molar-refractivity contribution in [1.29, 1.82) is 0 Å². The first-order chi connectivity index (χ1) is 14.1. The highest BCUT2D eigenvalue weighted by Crippen LogP contribution is 2.28. The number of benzene rings is 2. The fourth-order valence-electron chi connectivity index (χ4n) is 3.03. The second kappa shape index (κ2) is 7.99. The molecule has 0 bridgehead atoms. The Labute approximate surface area is 171 Å². The molecule has 158 valence electrons. The number of methoxy groups -OCH3 is 1. The molecule has 1 heterocycles. The fraction of sp³-hybridized carbons (Fsp3) is 0.222. The average Bonchev–Trinajstić information content (AvgIpc) is 3.12. The minimum atomic E-state index is -4.53. The summed E-state index contributed by atoms with van der Waals surface area (Å²) in [4.78, 5) is 35.6. The van der Waals surface area contributed by atoms with Crippen molar-refractivity contribution in [3.05, 3.63) is 57.6 Å². The van der Waals surface area contributed by atoms with E-state index in [1.807, 2.05) is 4.72 Å². The molecule has 12 heteroatoms. The van der Waals surface area contributed by atoms with E-state index >= 15 is 0 Å². The summed E-state index contributed by atoms with van der Waals surface area (Å²) in [5.74, 6) is -0.857. The van der Waals surface area contributed by atoms with Gasteiger partial charge in [-0.3, -0.25) is 19.8 Å². The second-order valence-electron chi connectivity index (χ2n) is 6.41. The van der Waals surface area contributed by atoms with Gasteiger partial charge in [0.25, 0.3) is 21.6 Å². The number of urea groups is 1. The van der Waals surface area contributed by atoms with Crippen molar-refractivity contribution in [3.63, 3.8) is 0 Å². The van der Waals surface area contributed by atoms with E-state index in [9.17, 15) is 28.1 Å². The summed E-state index contributed by atoms with van der Waals surface area (Å²) in [6.45, 7) is 2.65. The molecular formula is C18H18N4O7S. The maximum atomic E-state index is 12.6. The first-order valence-electron chi connectivity index (χ1n) is 8.69. The Hall–Kier alpha value is -3.67. The van der Waals surface area contributed by atoms with Gasteiger partial charge in [0.05, 0.1) is 18.1 Å².